The van der Waals surface area contributed by atoms with Gasteiger partial charge in [0, 0.05) is 38.0 Å². The Kier molecular flexibility index (Phi) is 4.37. The molecule has 1 fully saturated rings. The molecule has 2 atom stereocenters. The molecule has 1 aromatic heterocycles. The maximum absolute atomic E-state index is 6.05. The molecule has 0 bridgehead atoms. The fourth-order valence-corrected chi connectivity index (χ4v) is 2.42. The molecule has 0 aromatic carbocycles. The minimum absolute atomic E-state index is 0.0755. The number of hydrogen-bond acceptors (Lipinski definition) is 5. The van der Waals surface area contributed by atoms with Crippen molar-refractivity contribution in [1.29, 1.82) is 0 Å². The lowest BCUT2D eigenvalue weighted by molar-refractivity contribution is 0.0728. The minimum atomic E-state index is 0.0755. The highest BCUT2D eigenvalue weighted by Gasteiger charge is 2.27. The smallest absolute Gasteiger partial charge is 0.132 e. The van der Waals surface area contributed by atoms with Gasteiger partial charge in [-0.1, -0.05) is 13.8 Å². The molecule has 2 N–H and O–H groups in total. The van der Waals surface area contributed by atoms with E-state index in [1.165, 1.54) is 0 Å². The van der Waals surface area contributed by atoms with Crippen LogP contribution in [0.1, 0.15) is 37.7 Å². The molecule has 2 rings (SSSR count). The van der Waals surface area contributed by atoms with Crippen molar-refractivity contribution in [2.24, 2.45) is 5.73 Å². The summed E-state index contributed by atoms with van der Waals surface area (Å²) in [6.07, 6.45) is 1.00. The molecule has 1 aromatic rings. The van der Waals surface area contributed by atoms with Crippen LogP contribution in [-0.2, 0) is 4.74 Å². The van der Waals surface area contributed by atoms with Gasteiger partial charge in [-0.15, -0.1) is 0 Å². The highest BCUT2D eigenvalue weighted by molar-refractivity contribution is 5.41. The van der Waals surface area contributed by atoms with Crippen LogP contribution in [-0.4, -0.2) is 42.3 Å². The van der Waals surface area contributed by atoms with Crippen LogP contribution in [0.25, 0.3) is 0 Å². The van der Waals surface area contributed by atoms with Crippen molar-refractivity contribution in [2.75, 3.05) is 25.1 Å². The average molecular weight is 264 g/mol. The maximum atomic E-state index is 6.05. The molecule has 0 saturated carbocycles. The summed E-state index contributed by atoms with van der Waals surface area (Å²) in [5.74, 6) is 2.22. The fourth-order valence-electron chi connectivity index (χ4n) is 2.42. The summed E-state index contributed by atoms with van der Waals surface area (Å²) < 4.78 is 5.45. The van der Waals surface area contributed by atoms with E-state index in [4.69, 9.17) is 10.5 Å². The van der Waals surface area contributed by atoms with E-state index in [-0.39, 0.29) is 12.1 Å². The zero-order chi connectivity index (χ0) is 14.0. The first-order valence-corrected chi connectivity index (χ1v) is 6.90. The number of nitrogens with two attached hydrogens (primary N) is 1. The van der Waals surface area contributed by atoms with E-state index in [0.717, 1.165) is 36.8 Å². The van der Waals surface area contributed by atoms with E-state index in [1.54, 1.807) is 7.11 Å². The molecule has 0 radical (unpaired) electrons. The Hall–Kier alpha value is -1.20. The minimum Gasteiger partial charge on any atom is -0.378 e. The first-order chi connectivity index (χ1) is 9.01. The van der Waals surface area contributed by atoms with Crippen LogP contribution < -0.4 is 10.6 Å². The molecule has 19 heavy (non-hydrogen) atoms. The van der Waals surface area contributed by atoms with Crippen molar-refractivity contribution in [3.8, 4) is 0 Å². The van der Waals surface area contributed by atoms with Gasteiger partial charge in [0.15, 0.2) is 0 Å². The van der Waals surface area contributed by atoms with Gasteiger partial charge in [-0.3, -0.25) is 0 Å². The van der Waals surface area contributed by atoms with E-state index in [9.17, 15) is 0 Å². The number of piperidine rings is 1. The van der Waals surface area contributed by atoms with Crippen LogP contribution >= 0.6 is 0 Å². The van der Waals surface area contributed by atoms with Crippen LogP contribution in [0.15, 0.2) is 6.07 Å². The summed E-state index contributed by atoms with van der Waals surface area (Å²) >= 11 is 0. The summed E-state index contributed by atoms with van der Waals surface area (Å²) in [7, 11) is 1.72. The van der Waals surface area contributed by atoms with Gasteiger partial charge in [-0.05, 0) is 19.3 Å². The molecule has 1 aliphatic rings. The van der Waals surface area contributed by atoms with Gasteiger partial charge in [0.2, 0.25) is 0 Å². The van der Waals surface area contributed by atoms with E-state index in [2.05, 4.69) is 34.8 Å². The number of ether oxygens (including phenoxy) is 1. The Morgan fingerprint density at radius 3 is 2.79 bits per heavy atom. The highest BCUT2D eigenvalue weighted by atomic mass is 16.5. The lowest BCUT2D eigenvalue weighted by Gasteiger charge is -2.36. The molecule has 106 valence electrons. The molecular weight excluding hydrogens is 240 g/mol. The predicted molar refractivity (Wildman–Crippen MR) is 76.5 cm³/mol. The topological polar surface area (TPSA) is 64.3 Å². The Balaban J connectivity index is 2.22. The van der Waals surface area contributed by atoms with Crippen LogP contribution in [0.2, 0.25) is 0 Å². The molecule has 0 amide bonds. The van der Waals surface area contributed by atoms with Crippen molar-refractivity contribution >= 4 is 5.82 Å². The standard InChI is InChI=1S/C14H24N4O/c1-9(2)12-7-14(17-10(3)16-12)18-6-5-11(15)13(8-18)19-4/h7,9,11,13H,5-6,8,15H2,1-4H3/t11-,13+/m0/s1. The van der Waals surface area contributed by atoms with E-state index >= 15 is 0 Å². The number of methoxy groups -OCH3 is 1. The van der Waals surface area contributed by atoms with Gasteiger partial charge in [0.05, 0.1) is 6.10 Å². The number of rotatable bonds is 3. The SMILES string of the molecule is CO[C@@H]1CN(c2cc(C(C)C)nc(C)n2)CC[C@@H]1N. The van der Waals surface area contributed by atoms with Gasteiger partial charge < -0.3 is 15.4 Å². The van der Waals surface area contributed by atoms with Crippen molar-refractivity contribution in [3.05, 3.63) is 17.6 Å². The monoisotopic (exact) mass is 264 g/mol. The molecule has 0 aliphatic carbocycles. The third kappa shape index (κ3) is 3.22. The van der Waals surface area contributed by atoms with Gasteiger partial charge in [0.1, 0.15) is 11.6 Å². The van der Waals surface area contributed by atoms with Gasteiger partial charge >= 0.3 is 0 Å². The first-order valence-electron chi connectivity index (χ1n) is 6.90. The summed E-state index contributed by atoms with van der Waals surface area (Å²) in [6, 6.07) is 2.20. The fraction of sp³-hybridized carbons (Fsp3) is 0.714. The molecule has 0 unspecified atom stereocenters. The summed E-state index contributed by atoms with van der Waals surface area (Å²) in [5, 5.41) is 0. The van der Waals surface area contributed by atoms with E-state index in [1.807, 2.05) is 6.92 Å². The van der Waals surface area contributed by atoms with Crippen LogP contribution in [0.3, 0.4) is 0 Å². The molecule has 5 heteroatoms. The van der Waals surface area contributed by atoms with Crippen molar-refractivity contribution < 1.29 is 4.74 Å². The van der Waals surface area contributed by atoms with Crippen molar-refractivity contribution in [3.63, 3.8) is 0 Å². The van der Waals surface area contributed by atoms with Crippen molar-refractivity contribution in [2.45, 2.75) is 45.3 Å². The molecule has 1 aliphatic heterocycles. The van der Waals surface area contributed by atoms with Crippen LogP contribution in [0, 0.1) is 6.92 Å². The summed E-state index contributed by atoms with van der Waals surface area (Å²) in [4.78, 5) is 11.3. The maximum Gasteiger partial charge on any atom is 0.132 e. The number of anilines is 1. The second-order valence-electron chi connectivity index (χ2n) is 5.53. The first kappa shape index (κ1) is 14.2. The average Bonchev–Trinajstić information content (AvgIpc) is 2.38. The Morgan fingerprint density at radius 1 is 1.42 bits per heavy atom. The molecule has 0 spiro atoms. The third-order valence-corrected chi connectivity index (χ3v) is 3.67. The zero-order valence-electron chi connectivity index (χ0n) is 12.3. The molecular formula is C14H24N4O. The van der Waals surface area contributed by atoms with Crippen LogP contribution in [0.4, 0.5) is 5.82 Å². The predicted octanol–water partition coefficient (Wildman–Crippen LogP) is 1.46. The summed E-state index contributed by atoms with van der Waals surface area (Å²) in [6.45, 7) is 7.96. The lowest BCUT2D eigenvalue weighted by Crippen LogP contribution is -2.51. The second kappa shape index (κ2) is 5.84. The number of aryl methyl sites for hydroxylation is 1. The van der Waals surface area contributed by atoms with Crippen molar-refractivity contribution in [1.82, 2.24) is 9.97 Å². The Morgan fingerprint density at radius 2 is 2.16 bits per heavy atom. The lowest BCUT2D eigenvalue weighted by atomic mass is 10.0. The quantitative estimate of drug-likeness (QED) is 0.895. The normalized spacial score (nSPS) is 24.0. The van der Waals surface area contributed by atoms with E-state index < -0.39 is 0 Å². The molecule has 1 saturated heterocycles. The number of nitrogens with zero attached hydrogens (tertiary/aromatic N) is 3. The Bertz CT molecular complexity index is 435. The number of hydrogen-bond donors (Lipinski definition) is 1. The zero-order valence-corrected chi connectivity index (χ0v) is 12.3. The Labute approximate surface area is 115 Å². The number of aromatic nitrogens is 2. The molecule has 2 heterocycles. The highest BCUT2D eigenvalue weighted by Crippen LogP contribution is 2.22. The summed E-state index contributed by atoms with van der Waals surface area (Å²) in [5.41, 5.74) is 7.14. The van der Waals surface area contributed by atoms with Crippen LogP contribution in [0.5, 0.6) is 0 Å². The van der Waals surface area contributed by atoms with Gasteiger partial charge in [-0.2, -0.15) is 0 Å². The third-order valence-electron chi connectivity index (χ3n) is 3.67. The second-order valence-corrected chi connectivity index (χ2v) is 5.53. The molecule has 5 nitrogen and oxygen atoms in total. The van der Waals surface area contributed by atoms with Gasteiger partial charge in [0.25, 0.3) is 0 Å². The van der Waals surface area contributed by atoms with Gasteiger partial charge in [-0.25, -0.2) is 9.97 Å². The van der Waals surface area contributed by atoms with E-state index in [0.29, 0.717) is 5.92 Å². The largest absolute Gasteiger partial charge is 0.378 e.